The highest BCUT2D eigenvalue weighted by atomic mass is 32.2. The van der Waals surface area contributed by atoms with E-state index in [1.54, 1.807) is 6.21 Å². The highest BCUT2D eigenvalue weighted by Gasteiger charge is 2.17. The summed E-state index contributed by atoms with van der Waals surface area (Å²) >= 11 is 3.94. The average Bonchev–Trinajstić information content (AvgIpc) is 3.34. The molecule has 30 heavy (non-hydrogen) atoms. The van der Waals surface area contributed by atoms with Crippen LogP contribution in [0.15, 0.2) is 84.0 Å². The topological polar surface area (TPSA) is 50.7 Å². The molecule has 0 aromatic heterocycles. The molecule has 0 aliphatic carbocycles. The first-order chi connectivity index (χ1) is 14.8. The zero-order chi connectivity index (χ0) is 20.6. The minimum absolute atomic E-state index is 0.0729. The summed E-state index contributed by atoms with van der Waals surface area (Å²) in [5.74, 6) is 2.79. The maximum atomic E-state index is 12.0. The number of hydrogen-bond donors (Lipinski definition) is 1. The van der Waals surface area contributed by atoms with Gasteiger partial charge in [-0.1, -0.05) is 66.7 Å². The van der Waals surface area contributed by atoms with Gasteiger partial charge >= 0.3 is 0 Å². The molecule has 0 bridgehead atoms. The second-order valence-corrected chi connectivity index (χ2v) is 9.44. The van der Waals surface area contributed by atoms with E-state index in [4.69, 9.17) is 4.74 Å². The average molecular weight is 435 g/mol. The van der Waals surface area contributed by atoms with E-state index in [1.807, 2.05) is 78.1 Å². The molecule has 1 heterocycles. The molecule has 1 N–H and O–H groups in total. The summed E-state index contributed by atoms with van der Waals surface area (Å²) in [7, 11) is 0. The van der Waals surface area contributed by atoms with Crippen molar-refractivity contribution in [2.45, 2.75) is 4.58 Å². The van der Waals surface area contributed by atoms with Crippen LogP contribution in [0.1, 0.15) is 15.7 Å². The Morgan fingerprint density at radius 3 is 2.30 bits per heavy atom. The van der Waals surface area contributed by atoms with Crippen molar-refractivity contribution in [3.63, 3.8) is 0 Å². The molecule has 3 aromatic carbocycles. The summed E-state index contributed by atoms with van der Waals surface area (Å²) in [4.78, 5) is 12.0. The summed E-state index contributed by atoms with van der Waals surface area (Å²) < 4.78 is 6.07. The lowest BCUT2D eigenvalue weighted by molar-refractivity contribution is -0.123. The Morgan fingerprint density at radius 2 is 1.60 bits per heavy atom. The summed E-state index contributed by atoms with van der Waals surface area (Å²) in [6.45, 7) is -0.0729. The zero-order valence-corrected chi connectivity index (χ0v) is 18.0. The molecular weight excluding hydrogens is 412 g/mol. The zero-order valence-electron chi connectivity index (χ0n) is 16.4. The Labute approximate surface area is 185 Å². The molecule has 1 aliphatic rings. The van der Waals surface area contributed by atoms with Crippen molar-refractivity contribution in [1.29, 1.82) is 0 Å². The van der Waals surface area contributed by atoms with Crippen LogP contribution < -0.4 is 10.2 Å². The lowest BCUT2D eigenvalue weighted by atomic mass is 10.0. The molecule has 152 valence electrons. The number of amides is 1. The van der Waals surface area contributed by atoms with Crippen LogP contribution in [0.2, 0.25) is 0 Å². The van der Waals surface area contributed by atoms with E-state index in [-0.39, 0.29) is 12.5 Å². The molecular formula is C24H22N2O2S2. The first-order valence-electron chi connectivity index (χ1n) is 9.71. The van der Waals surface area contributed by atoms with Crippen molar-refractivity contribution < 1.29 is 9.53 Å². The van der Waals surface area contributed by atoms with Gasteiger partial charge in [0.25, 0.3) is 5.91 Å². The molecule has 1 amide bonds. The second-order valence-electron chi connectivity index (χ2n) is 6.71. The quantitative estimate of drug-likeness (QED) is 0.402. The third kappa shape index (κ3) is 5.68. The molecule has 4 nitrogen and oxygen atoms in total. The number of rotatable bonds is 7. The molecule has 0 spiro atoms. The van der Waals surface area contributed by atoms with Gasteiger partial charge in [-0.2, -0.15) is 5.10 Å². The summed E-state index contributed by atoms with van der Waals surface area (Å²) in [6, 6.07) is 26.2. The molecule has 6 heteroatoms. The van der Waals surface area contributed by atoms with Gasteiger partial charge in [-0.3, -0.25) is 4.79 Å². The number of thioether (sulfide) groups is 2. The molecule has 1 fully saturated rings. The first-order valence-corrected chi connectivity index (χ1v) is 11.8. The number of benzene rings is 3. The standard InChI is InChI=1S/C24H22N2O2S2/c27-23(17-28-22-12-10-21(11-13-22)24-29-14-15-30-24)26-25-16-18-6-8-20(9-7-18)19-4-2-1-3-5-19/h1-13,16,24H,14-15,17H2,(H,26,27)/b25-16-. The van der Waals surface area contributed by atoms with Crippen molar-refractivity contribution in [3.8, 4) is 16.9 Å². The Bertz CT molecular complexity index is 984. The van der Waals surface area contributed by atoms with Gasteiger partial charge < -0.3 is 4.74 Å². The Kier molecular flexibility index (Phi) is 7.11. The van der Waals surface area contributed by atoms with E-state index in [9.17, 15) is 4.79 Å². The van der Waals surface area contributed by atoms with Crippen LogP contribution in [0.4, 0.5) is 0 Å². The van der Waals surface area contributed by atoms with Gasteiger partial charge in [0, 0.05) is 11.5 Å². The van der Waals surface area contributed by atoms with Crippen LogP contribution in [0, 0.1) is 0 Å². The van der Waals surface area contributed by atoms with Crippen LogP contribution in [0.3, 0.4) is 0 Å². The summed E-state index contributed by atoms with van der Waals surface area (Å²) in [6.07, 6.45) is 1.62. The Morgan fingerprint density at radius 1 is 0.933 bits per heavy atom. The maximum Gasteiger partial charge on any atom is 0.277 e. The molecule has 0 atom stereocenters. The fourth-order valence-electron chi connectivity index (χ4n) is 3.02. The normalized spacial score (nSPS) is 14.1. The summed E-state index contributed by atoms with van der Waals surface area (Å²) in [5, 5.41) is 4.01. The number of hydrogen-bond acceptors (Lipinski definition) is 5. The van der Waals surface area contributed by atoms with E-state index < -0.39 is 0 Å². The van der Waals surface area contributed by atoms with Crippen LogP contribution in [0.5, 0.6) is 5.75 Å². The van der Waals surface area contributed by atoms with Crippen molar-refractivity contribution >= 4 is 35.6 Å². The lowest BCUT2D eigenvalue weighted by Crippen LogP contribution is -2.24. The smallest absolute Gasteiger partial charge is 0.277 e. The molecule has 0 radical (unpaired) electrons. The van der Waals surface area contributed by atoms with E-state index >= 15 is 0 Å². The highest BCUT2D eigenvalue weighted by molar-refractivity contribution is 8.19. The van der Waals surface area contributed by atoms with Gasteiger partial charge in [0.2, 0.25) is 0 Å². The van der Waals surface area contributed by atoms with Crippen LogP contribution in [0.25, 0.3) is 11.1 Å². The minimum Gasteiger partial charge on any atom is -0.484 e. The predicted octanol–water partition coefficient (Wildman–Crippen LogP) is 5.36. The monoisotopic (exact) mass is 434 g/mol. The van der Waals surface area contributed by atoms with Crippen molar-refractivity contribution in [3.05, 3.63) is 90.0 Å². The molecule has 1 aliphatic heterocycles. The maximum absolute atomic E-state index is 12.0. The molecule has 0 unspecified atom stereocenters. The molecule has 0 saturated carbocycles. The molecule has 4 rings (SSSR count). The fraction of sp³-hybridized carbons (Fsp3) is 0.167. The summed E-state index contributed by atoms with van der Waals surface area (Å²) in [5.41, 5.74) is 7.01. The van der Waals surface area contributed by atoms with E-state index in [0.717, 1.165) is 11.1 Å². The third-order valence-electron chi connectivity index (χ3n) is 4.56. The minimum atomic E-state index is -0.293. The van der Waals surface area contributed by atoms with Gasteiger partial charge in [-0.25, -0.2) is 5.43 Å². The largest absolute Gasteiger partial charge is 0.484 e. The number of nitrogens with one attached hydrogen (secondary N) is 1. The van der Waals surface area contributed by atoms with E-state index in [0.29, 0.717) is 10.3 Å². The number of carbonyl (C=O) groups excluding carboxylic acids is 1. The SMILES string of the molecule is O=C(COc1ccc(C2SCCS2)cc1)N/N=C\c1ccc(-c2ccccc2)cc1. The predicted molar refractivity (Wildman–Crippen MR) is 127 cm³/mol. The highest BCUT2D eigenvalue weighted by Crippen LogP contribution is 2.45. The number of ether oxygens (including phenoxy) is 1. The van der Waals surface area contributed by atoms with Crippen molar-refractivity contribution in [1.82, 2.24) is 5.43 Å². The van der Waals surface area contributed by atoms with Gasteiger partial charge in [0.1, 0.15) is 5.75 Å². The van der Waals surface area contributed by atoms with Crippen LogP contribution >= 0.6 is 23.5 Å². The lowest BCUT2D eigenvalue weighted by Gasteiger charge is -2.10. The van der Waals surface area contributed by atoms with E-state index in [1.165, 1.54) is 22.6 Å². The van der Waals surface area contributed by atoms with Gasteiger partial charge in [0.15, 0.2) is 6.61 Å². The number of hydrazone groups is 1. The third-order valence-corrected chi connectivity index (χ3v) is 7.67. The fourth-order valence-corrected chi connectivity index (χ4v) is 5.88. The van der Waals surface area contributed by atoms with Gasteiger partial charge in [-0.05, 0) is 34.4 Å². The Balaban J connectivity index is 1.23. The van der Waals surface area contributed by atoms with E-state index in [2.05, 4.69) is 34.8 Å². The Hall–Kier alpha value is -2.70. The van der Waals surface area contributed by atoms with Gasteiger partial charge in [0.05, 0.1) is 10.8 Å². The van der Waals surface area contributed by atoms with Crippen LogP contribution in [-0.4, -0.2) is 30.2 Å². The molecule has 3 aromatic rings. The van der Waals surface area contributed by atoms with Crippen LogP contribution in [-0.2, 0) is 4.79 Å². The van der Waals surface area contributed by atoms with Crippen molar-refractivity contribution in [2.24, 2.45) is 5.10 Å². The molecule has 1 saturated heterocycles. The first kappa shape index (κ1) is 20.6. The van der Waals surface area contributed by atoms with Crippen molar-refractivity contribution in [2.75, 3.05) is 18.1 Å². The number of nitrogens with zero attached hydrogens (tertiary/aromatic N) is 1. The van der Waals surface area contributed by atoms with Gasteiger partial charge in [-0.15, -0.1) is 23.5 Å². The number of carbonyl (C=O) groups is 1. The second kappa shape index (κ2) is 10.4.